The van der Waals surface area contributed by atoms with Crippen molar-refractivity contribution in [3.8, 4) is 39.1 Å². The molecule has 70 heavy (non-hydrogen) atoms. The Morgan fingerprint density at radius 3 is 1.46 bits per heavy atom. The van der Waals surface area contributed by atoms with Gasteiger partial charge in [-0.2, -0.15) is 0 Å². The lowest BCUT2D eigenvalue weighted by Gasteiger charge is -2.45. The highest BCUT2D eigenvalue weighted by atomic mass is 15.2. The Morgan fingerprint density at radius 2 is 0.786 bits per heavy atom. The molecular formula is C67H45N3. The van der Waals surface area contributed by atoms with Crippen LogP contribution in [-0.4, -0.2) is 4.57 Å². The minimum atomic E-state index is -0.605. The summed E-state index contributed by atoms with van der Waals surface area (Å²) in [6, 6.07) is 100. The molecule has 328 valence electrons. The molecule has 3 heteroatoms. The quantitative estimate of drug-likeness (QED) is 0.158. The van der Waals surface area contributed by atoms with Crippen molar-refractivity contribution in [2.75, 3.05) is 9.80 Å². The Hall–Kier alpha value is -9.18. The van der Waals surface area contributed by atoms with E-state index in [4.69, 9.17) is 0 Å². The molecule has 12 aromatic rings. The Labute approximate surface area is 408 Å². The molecule has 0 atom stereocenters. The first-order chi connectivity index (χ1) is 34.8. The molecule has 0 N–H and O–H groups in total. The summed E-state index contributed by atoms with van der Waals surface area (Å²) in [5.41, 5.74) is 21.9. The molecule has 0 bridgehead atoms. The minimum Gasteiger partial charge on any atom is -0.310 e. The molecule has 0 saturated carbocycles. The summed E-state index contributed by atoms with van der Waals surface area (Å²) >= 11 is 0. The molecule has 2 heterocycles. The fraction of sp³-hybridized carbons (Fsp3) is 0.0149. The number of rotatable bonds is 7. The van der Waals surface area contributed by atoms with E-state index in [1.165, 1.54) is 83.3 Å². The van der Waals surface area contributed by atoms with Crippen molar-refractivity contribution in [1.82, 2.24) is 4.57 Å². The molecule has 11 aromatic carbocycles. The van der Waals surface area contributed by atoms with Gasteiger partial charge in [-0.25, -0.2) is 0 Å². The Balaban J connectivity index is 1.04. The van der Waals surface area contributed by atoms with Crippen molar-refractivity contribution >= 4 is 55.9 Å². The molecule has 14 rings (SSSR count). The van der Waals surface area contributed by atoms with E-state index in [-0.39, 0.29) is 0 Å². The van der Waals surface area contributed by atoms with Crippen molar-refractivity contribution in [3.63, 3.8) is 0 Å². The van der Waals surface area contributed by atoms with Crippen molar-refractivity contribution in [1.29, 1.82) is 0 Å². The van der Waals surface area contributed by atoms with Crippen LogP contribution in [0.15, 0.2) is 273 Å². The van der Waals surface area contributed by atoms with Gasteiger partial charge in [-0.15, -0.1) is 0 Å². The fourth-order valence-corrected chi connectivity index (χ4v) is 12.0. The second-order valence-electron chi connectivity index (χ2n) is 18.4. The van der Waals surface area contributed by atoms with E-state index in [0.29, 0.717) is 0 Å². The van der Waals surface area contributed by atoms with Crippen LogP contribution in [0.25, 0.3) is 60.9 Å². The topological polar surface area (TPSA) is 11.4 Å². The Morgan fingerprint density at radius 1 is 0.300 bits per heavy atom. The smallest absolute Gasteiger partial charge is 0.0755 e. The van der Waals surface area contributed by atoms with Crippen LogP contribution in [0.4, 0.5) is 34.1 Å². The van der Waals surface area contributed by atoms with Gasteiger partial charge in [0.15, 0.2) is 0 Å². The summed E-state index contributed by atoms with van der Waals surface area (Å²) in [5.74, 6) is 0. The predicted octanol–water partition coefficient (Wildman–Crippen LogP) is 17.7. The second kappa shape index (κ2) is 16.0. The van der Waals surface area contributed by atoms with Gasteiger partial charge in [-0.3, -0.25) is 0 Å². The van der Waals surface area contributed by atoms with Crippen LogP contribution in [0.3, 0.4) is 0 Å². The maximum absolute atomic E-state index is 2.53. The average Bonchev–Trinajstić information content (AvgIpc) is 3.93. The molecule has 0 amide bonds. The third-order valence-corrected chi connectivity index (χ3v) is 14.8. The zero-order valence-electron chi connectivity index (χ0n) is 38.3. The molecule has 1 aliphatic heterocycles. The first kappa shape index (κ1) is 39.9. The summed E-state index contributed by atoms with van der Waals surface area (Å²) < 4.78 is 2.40. The SMILES string of the molecule is c1ccc(-c2ccccc2-c2ccccc2N(c2ccc(-n3c4ccccc4c4ccccc43)cc2)c2cccc3c2-c2ccccc2C32c3ccccc3N(c3ccccc3)c3ccccc32)cc1. The van der Waals surface area contributed by atoms with Gasteiger partial charge in [0, 0.05) is 39.0 Å². The maximum Gasteiger partial charge on any atom is 0.0755 e. The fourth-order valence-electron chi connectivity index (χ4n) is 12.0. The number of hydrogen-bond acceptors (Lipinski definition) is 2. The highest BCUT2D eigenvalue weighted by Crippen LogP contribution is 2.65. The lowest BCUT2D eigenvalue weighted by molar-refractivity contribution is 0.752. The van der Waals surface area contributed by atoms with E-state index < -0.39 is 5.41 Å². The second-order valence-corrected chi connectivity index (χ2v) is 18.4. The van der Waals surface area contributed by atoms with Crippen LogP contribution >= 0.6 is 0 Å². The molecule has 2 aliphatic rings. The molecule has 0 saturated heterocycles. The van der Waals surface area contributed by atoms with E-state index in [9.17, 15) is 0 Å². The van der Waals surface area contributed by atoms with Crippen LogP contribution in [-0.2, 0) is 5.41 Å². The van der Waals surface area contributed by atoms with Gasteiger partial charge in [0.25, 0.3) is 0 Å². The van der Waals surface area contributed by atoms with Gasteiger partial charge >= 0.3 is 0 Å². The minimum absolute atomic E-state index is 0.605. The number of fused-ring (bicyclic) bond motifs is 12. The van der Waals surface area contributed by atoms with Gasteiger partial charge in [0.05, 0.1) is 39.2 Å². The Kier molecular flexibility index (Phi) is 9.11. The number of nitrogens with zero attached hydrogens (tertiary/aromatic N) is 3. The van der Waals surface area contributed by atoms with Crippen LogP contribution in [0.2, 0.25) is 0 Å². The lowest BCUT2D eigenvalue weighted by atomic mass is 9.64. The molecule has 0 unspecified atom stereocenters. The summed E-state index contributed by atoms with van der Waals surface area (Å²) in [4.78, 5) is 4.98. The van der Waals surface area contributed by atoms with E-state index in [1.807, 2.05) is 0 Å². The van der Waals surface area contributed by atoms with Crippen molar-refractivity contribution in [3.05, 3.63) is 295 Å². The third-order valence-electron chi connectivity index (χ3n) is 14.8. The highest BCUT2D eigenvalue weighted by molar-refractivity contribution is 6.09. The largest absolute Gasteiger partial charge is 0.310 e. The van der Waals surface area contributed by atoms with Gasteiger partial charge in [0.2, 0.25) is 0 Å². The molecule has 1 aromatic heterocycles. The van der Waals surface area contributed by atoms with Gasteiger partial charge in [-0.1, -0.05) is 200 Å². The standard InChI is InChI=1S/C67H45N3/c1-3-22-46(23-4-1)50-26-7-8-27-51(50)52-28-10-16-36-60(52)69(49-44-42-48(43-45-49)68-61-37-17-11-29-53(61)54-30-12-18-38-62(54)68)65-41-21-35-59-66(65)55-31-9-13-32-56(55)67(59)57-33-14-19-39-63(57)70(47-24-5-2-6-25-47)64-40-20-15-34-58(64)67/h1-45H. The van der Waals surface area contributed by atoms with Crippen LogP contribution in [0, 0.1) is 0 Å². The maximum atomic E-state index is 2.53. The number of anilines is 6. The van der Waals surface area contributed by atoms with Crippen molar-refractivity contribution in [2.45, 2.75) is 5.41 Å². The van der Waals surface area contributed by atoms with Crippen LogP contribution in [0.1, 0.15) is 22.3 Å². The molecule has 0 radical (unpaired) electrons. The van der Waals surface area contributed by atoms with Crippen LogP contribution in [0.5, 0.6) is 0 Å². The van der Waals surface area contributed by atoms with E-state index in [0.717, 1.165) is 34.0 Å². The number of para-hydroxylation sites is 6. The van der Waals surface area contributed by atoms with E-state index in [1.54, 1.807) is 0 Å². The average molecular weight is 892 g/mol. The third kappa shape index (κ3) is 5.82. The Bertz CT molecular complexity index is 3860. The van der Waals surface area contributed by atoms with Gasteiger partial charge in [-0.05, 0) is 117 Å². The molecule has 1 spiro atoms. The molecule has 1 aliphatic carbocycles. The normalized spacial score (nSPS) is 12.9. The molecule has 0 fully saturated rings. The predicted molar refractivity (Wildman–Crippen MR) is 292 cm³/mol. The summed E-state index contributed by atoms with van der Waals surface area (Å²) in [6.45, 7) is 0. The van der Waals surface area contributed by atoms with E-state index in [2.05, 4.69) is 287 Å². The van der Waals surface area contributed by atoms with Crippen molar-refractivity contribution in [2.24, 2.45) is 0 Å². The summed E-state index contributed by atoms with van der Waals surface area (Å²) in [6.07, 6.45) is 0. The summed E-state index contributed by atoms with van der Waals surface area (Å²) in [5, 5.41) is 2.50. The van der Waals surface area contributed by atoms with Crippen molar-refractivity contribution < 1.29 is 0 Å². The monoisotopic (exact) mass is 891 g/mol. The first-order valence-electron chi connectivity index (χ1n) is 24.2. The number of hydrogen-bond donors (Lipinski definition) is 0. The van der Waals surface area contributed by atoms with Gasteiger partial charge in [0.1, 0.15) is 0 Å². The molecular weight excluding hydrogens is 847 g/mol. The lowest BCUT2D eigenvalue weighted by Crippen LogP contribution is -2.36. The highest BCUT2D eigenvalue weighted by Gasteiger charge is 2.52. The first-order valence-corrected chi connectivity index (χ1v) is 24.2. The van der Waals surface area contributed by atoms with Gasteiger partial charge < -0.3 is 14.4 Å². The summed E-state index contributed by atoms with van der Waals surface area (Å²) in [7, 11) is 0. The van der Waals surface area contributed by atoms with Crippen LogP contribution < -0.4 is 9.80 Å². The zero-order valence-corrected chi connectivity index (χ0v) is 38.3. The van der Waals surface area contributed by atoms with E-state index >= 15 is 0 Å². The number of benzene rings is 11. The number of aromatic nitrogens is 1. The zero-order chi connectivity index (χ0) is 46.2. The molecule has 3 nitrogen and oxygen atoms in total.